The highest BCUT2D eigenvalue weighted by atomic mass is 16.5. The highest BCUT2D eigenvalue weighted by Gasteiger charge is 2.29. The number of amides is 1. The maximum absolute atomic E-state index is 12.9. The molecule has 2 heterocycles. The molecule has 1 fully saturated rings. The van der Waals surface area contributed by atoms with E-state index < -0.39 is 0 Å². The van der Waals surface area contributed by atoms with Crippen LogP contribution in [0.25, 0.3) is 0 Å². The summed E-state index contributed by atoms with van der Waals surface area (Å²) in [6.45, 7) is 5.83. The van der Waals surface area contributed by atoms with Gasteiger partial charge in [-0.1, -0.05) is 13.8 Å². The van der Waals surface area contributed by atoms with Gasteiger partial charge < -0.3 is 9.64 Å². The number of carbonyl (C=O) groups is 1. The molecule has 0 aliphatic carbocycles. The van der Waals surface area contributed by atoms with Crippen LogP contribution in [0.1, 0.15) is 68.1 Å². The number of likely N-dealkylation sites (tertiary alicyclic amines) is 1. The van der Waals surface area contributed by atoms with Gasteiger partial charge in [0.1, 0.15) is 5.69 Å². The van der Waals surface area contributed by atoms with Gasteiger partial charge in [-0.2, -0.15) is 5.10 Å². The first-order chi connectivity index (χ1) is 10.5. The Morgan fingerprint density at radius 3 is 2.86 bits per heavy atom. The van der Waals surface area contributed by atoms with Crippen molar-refractivity contribution in [1.82, 2.24) is 14.7 Å². The smallest absolute Gasteiger partial charge is 0.272 e. The number of nitrogens with zero attached hydrogens (tertiary/aromatic N) is 3. The van der Waals surface area contributed by atoms with Crippen LogP contribution in [0.15, 0.2) is 6.07 Å². The Hall–Kier alpha value is -1.36. The van der Waals surface area contributed by atoms with Crippen molar-refractivity contribution in [3.05, 3.63) is 17.5 Å². The lowest BCUT2D eigenvalue weighted by Gasteiger charge is -2.35. The zero-order valence-electron chi connectivity index (χ0n) is 14.3. The molecule has 1 atom stereocenters. The Labute approximate surface area is 133 Å². The van der Waals surface area contributed by atoms with Crippen LogP contribution in [0.3, 0.4) is 0 Å². The van der Waals surface area contributed by atoms with E-state index in [0.717, 1.165) is 44.5 Å². The van der Waals surface area contributed by atoms with Gasteiger partial charge in [0.2, 0.25) is 0 Å². The Morgan fingerprint density at radius 1 is 1.45 bits per heavy atom. The molecular weight excluding hydrogens is 278 g/mol. The van der Waals surface area contributed by atoms with E-state index in [1.807, 2.05) is 13.1 Å². The van der Waals surface area contributed by atoms with Crippen molar-refractivity contribution >= 4 is 5.91 Å². The van der Waals surface area contributed by atoms with Crippen LogP contribution in [0, 0.1) is 0 Å². The quantitative estimate of drug-likeness (QED) is 0.759. The summed E-state index contributed by atoms with van der Waals surface area (Å²) >= 11 is 0. The standard InChI is InChI=1S/C17H29N3O2/c1-13(2)15-12-16(19(3)18-15)17(21)20-10-6-5-8-14(20)9-7-11-22-4/h12-14H,5-11H2,1-4H3/t14-/m0/s1. The molecule has 22 heavy (non-hydrogen) atoms. The second kappa shape index (κ2) is 7.77. The van der Waals surface area contributed by atoms with Crippen LogP contribution in [-0.4, -0.2) is 46.9 Å². The predicted octanol–water partition coefficient (Wildman–Crippen LogP) is 2.96. The number of methoxy groups -OCH3 is 1. The lowest BCUT2D eigenvalue weighted by molar-refractivity contribution is 0.0574. The molecule has 1 aliphatic rings. The fourth-order valence-electron chi connectivity index (χ4n) is 3.15. The molecule has 5 heteroatoms. The second-order valence-electron chi connectivity index (χ2n) is 6.52. The summed E-state index contributed by atoms with van der Waals surface area (Å²) in [4.78, 5) is 15.0. The summed E-state index contributed by atoms with van der Waals surface area (Å²) in [5.41, 5.74) is 1.70. The number of hydrogen-bond acceptors (Lipinski definition) is 3. The van der Waals surface area contributed by atoms with Crippen LogP contribution in [0.5, 0.6) is 0 Å². The molecule has 0 spiro atoms. The molecule has 1 amide bonds. The molecule has 0 N–H and O–H groups in total. The number of ether oxygens (including phenoxy) is 1. The van der Waals surface area contributed by atoms with Gasteiger partial charge in [-0.05, 0) is 44.1 Å². The van der Waals surface area contributed by atoms with Crippen LogP contribution < -0.4 is 0 Å². The van der Waals surface area contributed by atoms with Crippen molar-refractivity contribution in [2.24, 2.45) is 7.05 Å². The van der Waals surface area contributed by atoms with Gasteiger partial charge in [-0.15, -0.1) is 0 Å². The third kappa shape index (κ3) is 3.88. The highest BCUT2D eigenvalue weighted by Crippen LogP contribution is 2.24. The van der Waals surface area contributed by atoms with Gasteiger partial charge in [0.15, 0.2) is 0 Å². The van der Waals surface area contributed by atoms with E-state index in [1.54, 1.807) is 11.8 Å². The van der Waals surface area contributed by atoms with E-state index >= 15 is 0 Å². The van der Waals surface area contributed by atoms with Crippen molar-refractivity contribution in [2.75, 3.05) is 20.3 Å². The summed E-state index contributed by atoms with van der Waals surface area (Å²) in [5, 5.41) is 4.48. The molecule has 2 rings (SSSR count). The molecule has 0 saturated carbocycles. The summed E-state index contributed by atoms with van der Waals surface area (Å²) < 4.78 is 6.88. The van der Waals surface area contributed by atoms with E-state index in [-0.39, 0.29) is 5.91 Å². The molecule has 0 aromatic carbocycles. The molecule has 124 valence electrons. The zero-order valence-corrected chi connectivity index (χ0v) is 14.3. The number of rotatable bonds is 6. The van der Waals surface area contributed by atoms with E-state index in [1.165, 1.54) is 6.42 Å². The molecule has 1 saturated heterocycles. The maximum atomic E-state index is 12.9. The van der Waals surface area contributed by atoms with E-state index in [0.29, 0.717) is 17.7 Å². The first-order valence-corrected chi connectivity index (χ1v) is 8.38. The minimum atomic E-state index is 0.129. The van der Waals surface area contributed by atoms with Gasteiger partial charge in [0.25, 0.3) is 5.91 Å². The minimum Gasteiger partial charge on any atom is -0.385 e. The van der Waals surface area contributed by atoms with E-state index in [9.17, 15) is 4.79 Å². The fraction of sp³-hybridized carbons (Fsp3) is 0.765. The van der Waals surface area contributed by atoms with Crippen molar-refractivity contribution < 1.29 is 9.53 Å². The van der Waals surface area contributed by atoms with Crippen LogP contribution >= 0.6 is 0 Å². The molecule has 1 aromatic heterocycles. The number of carbonyl (C=O) groups excluding carboxylic acids is 1. The fourth-order valence-corrected chi connectivity index (χ4v) is 3.15. The van der Waals surface area contributed by atoms with E-state index in [2.05, 4.69) is 23.8 Å². The monoisotopic (exact) mass is 307 g/mol. The largest absolute Gasteiger partial charge is 0.385 e. The molecule has 5 nitrogen and oxygen atoms in total. The highest BCUT2D eigenvalue weighted by molar-refractivity contribution is 5.93. The Kier molecular flexibility index (Phi) is 6.00. The van der Waals surface area contributed by atoms with Crippen LogP contribution in [0.2, 0.25) is 0 Å². The zero-order chi connectivity index (χ0) is 16.1. The Balaban J connectivity index is 2.11. The first kappa shape index (κ1) is 17.0. The SMILES string of the molecule is COCCC[C@@H]1CCCCN1C(=O)c1cc(C(C)C)nn1C. The van der Waals surface area contributed by atoms with Crippen molar-refractivity contribution in [3.8, 4) is 0 Å². The van der Waals surface area contributed by atoms with Crippen molar-refractivity contribution in [2.45, 2.75) is 57.9 Å². The van der Waals surface area contributed by atoms with Gasteiger partial charge in [-0.3, -0.25) is 9.48 Å². The number of aromatic nitrogens is 2. The molecule has 1 aromatic rings. The molecule has 0 radical (unpaired) electrons. The third-order valence-corrected chi connectivity index (χ3v) is 4.48. The average molecular weight is 307 g/mol. The molecule has 0 unspecified atom stereocenters. The minimum absolute atomic E-state index is 0.129. The molecule has 1 aliphatic heterocycles. The Bertz CT molecular complexity index is 496. The normalized spacial score (nSPS) is 19.0. The topological polar surface area (TPSA) is 47.4 Å². The van der Waals surface area contributed by atoms with Crippen LogP contribution in [0.4, 0.5) is 0 Å². The van der Waals surface area contributed by atoms with Gasteiger partial charge in [0.05, 0.1) is 5.69 Å². The molecular formula is C17H29N3O2. The lowest BCUT2D eigenvalue weighted by atomic mass is 9.97. The summed E-state index contributed by atoms with van der Waals surface area (Å²) in [6, 6.07) is 2.29. The van der Waals surface area contributed by atoms with Gasteiger partial charge in [0, 0.05) is 33.4 Å². The Morgan fingerprint density at radius 2 is 2.23 bits per heavy atom. The summed E-state index contributed by atoms with van der Waals surface area (Å²) in [5.74, 6) is 0.468. The van der Waals surface area contributed by atoms with E-state index in [4.69, 9.17) is 4.74 Å². The lowest BCUT2D eigenvalue weighted by Crippen LogP contribution is -2.44. The predicted molar refractivity (Wildman–Crippen MR) is 87.1 cm³/mol. The summed E-state index contributed by atoms with van der Waals surface area (Å²) in [7, 11) is 3.59. The van der Waals surface area contributed by atoms with Crippen LogP contribution in [-0.2, 0) is 11.8 Å². The number of hydrogen-bond donors (Lipinski definition) is 0. The van der Waals surface area contributed by atoms with Gasteiger partial charge in [-0.25, -0.2) is 0 Å². The average Bonchev–Trinajstić information content (AvgIpc) is 2.89. The van der Waals surface area contributed by atoms with Crippen molar-refractivity contribution in [1.29, 1.82) is 0 Å². The maximum Gasteiger partial charge on any atom is 0.272 e. The van der Waals surface area contributed by atoms with Crippen molar-refractivity contribution in [3.63, 3.8) is 0 Å². The third-order valence-electron chi connectivity index (χ3n) is 4.48. The summed E-state index contributed by atoms with van der Waals surface area (Å²) in [6.07, 6.45) is 5.44. The molecule has 0 bridgehead atoms. The van der Waals surface area contributed by atoms with Gasteiger partial charge >= 0.3 is 0 Å². The number of aryl methyl sites for hydroxylation is 1. The number of piperidine rings is 1. The first-order valence-electron chi connectivity index (χ1n) is 8.38. The second-order valence-corrected chi connectivity index (χ2v) is 6.52.